The van der Waals surface area contributed by atoms with Gasteiger partial charge in [0.2, 0.25) is 0 Å². The van der Waals surface area contributed by atoms with Crippen LogP contribution in [0.25, 0.3) is 0 Å². The van der Waals surface area contributed by atoms with Gasteiger partial charge in [-0.25, -0.2) is 4.79 Å². The molecule has 1 heterocycles. The van der Waals surface area contributed by atoms with E-state index in [1.165, 1.54) is 0 Å². The zero-order valence-corrected chi connectivity index (χ0v) is 7.14. The summed E-state index contributed by atoms with van der Waals surface area (Å²) in [7, 11) is 1.14. The van der Waals surface area contributed by atoms with E-state index in [9.17, 15) is 19.7 Å². The zero-order valence-electron chi connectivity index (χ0n) is 7.14. The van der Waals surface area contributed by atoms with Crippen LogP contribution in [-0.4, -0.2) is 23.0 Å². The molecule has 0 bridgehead atoms. The molecule has 0 spiro atoms. The van der Waals surface area contributed by atoms with Crippen LogP contribution in [-0.2, 0) is 4.74 Å². The molecule has 0 saturated carbocycles. The molecule has 0 atom stereocenters. The zero-order chi connectivity index (χ0) is 10.7. The van der Waals surface area contributed by atoms with Crippen molar-refractivity contribution < 1.29 is 14.5 Å². The maximum Gasteiger partial charge on any atom is 0.354 e. The lowest BCUT2D eigenvalue weighted by molar-refractivity contribution is -0.386. The van der Waals surface area contributed by atoms with Gasteiger partial charge in [0.25, 0.3) is 0 Å². The molecule has 0 amide bonds. The van der Waals surface area contributed by atoms with Gasteiger partial charge in [0.1, 0.15) is 5.69 Å². The van der Waals surface area contributed by atoms with Crippen LogP contribution in [0.1, 0.15) is 10.5 Å². The van der Waals surface area contributed by atoms with E-state index in [1.807, 2.05) is 4.98 Å². The number of nitrogens with one attached hydrogen (secondary N) is 1. The molecule has 14 heavy (non-hydrogen) atoms. The summed E-state index contributed by atoms with van der Waals surface area (Å²) in [6.07, 6.45) is 0. The highest BCUT2D eigenvalue weighted by Crippen LogP contribution is 2.03. The molecule has 1 N–H and O–H groups in total. The Kier molecular flexibility index (Phi) is 2.61. The lowest BCUT2D eigenvalue weighted by Gasteiger charge is -1.97. The quantitative estimate of drug-likeness (QED) is 0.411. The molecule has 1 rings (SSSR count). The first-order chi connectivity index (χ1) is 6.56. The minimum Gasteiger partial charge on any atom is -0.464 e. The SMILES string of the molecule is COC(=O)c1ccc([N+](=O)[O-])c(=O)[nH]1. The predicted molar refractivity (Wildman–Crippen MR) is 45.1 cm³/mol. The highest BCUT2D eigenvalue weighted by molar-refractivity contribution is 5.87. The maximum absolute atomic E-state index is 11.0. The van der Waals surface area contributed by atoms with Crippen LogP contribution in [0.15, 0.2) is 16.9 Å². The standard InChI is InChI=1S/C7H6N2O5/c1-14-7(11)4-2-3-5(9(12)13)6(10)8-4/h2-3H,1H3,(H,8,10). The van der Waals surface area contributed by atoms with Crippen LogP contribution in [0.3, 0.4) is 0 Å². The van der Waals surface area contributed by atoms with Gasteiger partial charge in [-0.2, -0.15) is 0 Å². The Hall–Kier alpha value is -2.18. The van der Waals surface area contributed by atoms with Gasteiger partial charge in [-0.15, -0.1) is 0 Å². The summed E-state index contributed by atoms with van der Waals surface area (Å²) in [5.41, 5.74) is -1.67. The number of carbonyl (C=O) groups excluding carboxylic acids is 1. The van der Waals surface area contributed by atoms with Crippen molar-refractivity contribution in [3.05, 3.63) is 38.3 Å². The van der Waals surface area contributed by atoms with Crippen molar-refractivity contribution in [1.82, 2.24) is 4.98 Å². The lowest BCUT2D eigenvalue weighted by Crippen LogP contribution is -2.16. The Balaban J connectivity index is 3.20. The Morgan fingerprint density at radius 3 is 2.64 bits per heavy atom. The number of aromatic amines is 1. The second kappa shape index (κ2) is 3.69. The first kappa shape index (κ1) is 9.90. The maximum atomic E-state index is 11.0. The third-order valence-electron chi connectivity index (χ3n) is 1.49. The number of nitro groups is 1. The predicted octanol–water partition coefficient (Wildman–Crippen LogP) is 0.0697. The van der Waals surface area contributed by atoms with Crippen LogP contribution in [0.4, 0.5) is 5.69 Å². The van der Waals surface area contributed by atoms with E-state index in [0.717, 1.165) is 19.2 Å². The Bertz CT molecular complexity index is 436. The molecule has 7 nitrogen and oxygen atoms in total. The van der Waals surface area contributed by atoms with Gasteiger partial charge in [-0.3, -0.25) is 14.9 Å². The number of pyridine rings is 1. The first-order valence-corrected chi connectivity index (χ1v) is 3.52. The number of hydrogen-bond donors (Lipinski definition) is 1. The van der Waals surface area contributed by atoms with E-state index in [0.29, 0.717) is 0 Å². The molecule has 0 unspecified atom stereocenters. The summed E-state index contributed by atoms with van der Waals surface area (Å²) in [5, 5.41) is 10.2. The van der Waals surface area contributed by atoms with Gasteiger partial charge in [-0.05, 0) is 6.07 Å². The molecule has 0 aliphatic rings. The average Bonchev–Trinajstić information content (AvgIpc) is 2.15. The second-order valence-corrected chi connectivity index (χ2v) is 2.34. The fraction of sp³-hybridized carbons (Fsp3) is 0.143. The minimum atomic E-state index is -0.932. The normalized spacial score (nSPS) is 9.50. The number of methoxy groups -OCH3 is 1. The smallest absolute Gasteiger partial charge is 0.354 e. The molecule has 0 radical (unpaired) electrons. The molecule has 74 valence electrons. The van der Waals surface area contributed by atoms with Gasteiger partial charge in [0, 0.05) is 6.07 Å². The van der Waals surface area contributed by atoms with Crippen molar-refractivity contribution in [3.63, 3.8) is 0 Å². The van der Waals surface area contributed by atoms with Crippen LogP contribution in [0.5, 0.6) is 0 Å². The minimum absolute atomic E-state index is 0.122. The summed E-state index contributed by atoms with van der Waals surface area (Å²) in [6.45, 7) is 0. The number of H-pyrrole nitrogens is 1. The van der Waals surface area contributed by atoms with Crippen LogP contribution < -0.4 is 5.56 Å². The van der Waals surface area contributed by atoms with Gasteiger partial charge in [0.15, 0.2) is 0 Å². The monoisotopic (exact) mass is 198 g/mol. The summed E-state index contributed by atoms with van der Waals surface area (Å²) < 4.78 is 4.31. The van der Waals surface area contributed by atoms with Gasteiger partial charge >= 0.3 is 17.2 Å². The van der Waals surface area contributed by atoms with E-state index < -0.39 is 22.1 Å². The average molecular weight is 198 g/mol. The summed E-state index contributed by atoms with van der Waals surface area (Å²) >= 11 is 0. The molecule has 0 aliphatic heterocycles. The van der Waals surface area contributed by atoms with Gasteiger partial charge in [0.05, 0.1) is 12.0 Å². The molecule has 0 aromatic carbocycles. The van der Waals surface area contributed by atoms with Crippen LogP contribution in [0, 0.1) is 10.1 Å². The van der Waals surface area contributed by atoms with Crippen molar-refractivity contribution >= 4 is 11.7 Å². The number of rotatable bonds is 2. The molecule has 7 heteroatoms. The van der Waals surface area contributed by atoms with Crippen molar-refractivity contribution in [3.8, 4) is 0 Å². The van der Waals surface area contributed by atoms with Crippen molar-refractivity contribution in [2.45, 2.75) is 0 Å². The number of nitrogens with zero attached hydrogens (tertiary/aromatic N) is 1. The van der Waals surface area contributed by atoms with E-state index in [4.69, 9.17) is 0 Å². The van der Waals surface area contributed by atoms with E-state index in [1.54, 1.807) is 0 Å². The van der Waals surface area contributed by atoms with E-state index >= 15 is 0 Å². The van der Waals surface area contributed by atoms with Gasteiger partial charge < -0.3 is 9.72 Å². The Morgan fingerprint density at radius 1 is 1.57 bits per heavy atom. The number of carbonyl (C=O) groups is 1. The third-order valence-corrected chi connectivity index (χ3v) is 1.49. The fourth-order valence-corrected chi connectivity index (χ4v) is 0.839. The Labute approximate surface area is 77.5 Å². The van der Waals surface area contributed by atoms with Crippen molar-refractivity contribution in [2.75, 3.05) is 7.11 Å². The number of aromatic nitrogens is 1. The number of hydrogen-bond acceptors (Lipinski definition) is 5. The van der Waals surface area contributed by atoms with E-state index in [2.05, 4.69) is 4.74 Å². The molecule has 0 aliphatic carbocycles. The summed E-state index contributed by atoms with van der Waals surface area (Å²) in [4.78, 5) is 33.3. The largest absolute Gasteiger partial charge is 0.464 e. The molecular weight excluding hydrogens is 192 g/mol. The molecule has 1 aromatic heterocycles. The summed E-state index contributed by atoms with van der Waals surface area (Å²) in [6, 6.07) is 2.07. The van der Waals surface area contributed by atoms with Crippen LogP contribution in [0.2, 0.25) is 0 Å². The number of ether oxygens (including phenoxy) is 1. The highest BCUT2D eigenvalue weighted by atomic mass is 16.6. The van der Waals surface area contributed by atoms with Crippen molar-refractivity contribution in [1.29, 1.82) is 0 Å². The second-order valence-electron chi connectivity index (χ2n) is 2.34. The fourth-order valence-electron chi connectivity index (χ4n) is 0.839. The third kappa shape index (κ3) is 1.76. The molecule has 1 aromatic rings. The Morgan fingerprint density at radius 2 is 2.21 bits per heavy atom. The topological polar surface area (TPSA) is 102 Å². The number of esters is 1. The van der Waals surface area contributed by atoms with Gasteiger partial charge in [-0.1, -0.05) is 0 Å². The molecular formula is C7H6N2O5. The van der Waals surface area contributed by atoms with Crippen LogP contribution >= 0.6 is 0 Å². The molecule has 0 fully saturated rings. The summed E-state index contributed by atoms with van der Waals surface area (Å²) in [5.74, 6) is -0.753. The molecule has 0 saturated heterocycles. The van der Waals surface area contributed by atoms with Crippen molar-refractivity contribution in [2.24, 2.45) is 0 Å². The van der Waals surface area contributed by atoms with E-state index in [-0.39, 0.29) is 5.69 Å². The lowest BCUT2D eigenvalue weighted by atomic mass is 10.3. The first-order valence-electron chi connectivity index (χ1n) is 3.52. The highest BCUT2D eigenvalue weighted by Gasteiger charge is 2.14.